The molecule has 0 unspecified atom stereocenters. The maximum absolute atomic E-state index is 12.0. The van der Waals surface area contributed by atoms with Crippen molar-refractivity contribution >= 4 is 34.6 Å². The number of carbonyl (C=O) groups is 1. The maximum Gasteiger partial charge on any atom is 0.227 e. The summed E-state index contributed by atoms with van der Waals surface area (Å²) in [7, 11) is 0. The van der Waals surface area contributed by atoms with E-state index < -0.39 is 0 Å². The molecule has 3 aromatic carbocycles. The smallest absolute Gasteiger partial charge is 0.227 e. The molecule has 0 aliphatic carbocycles. The molecule has 0 heterocycles. The second kappa shape index (κ2) is 8.92. The van der Waals surface area contributed by atoms with Crippen molar-refractivity contribution in [1.82, 2.24) is 0 Å². The third-order valence-electron chi connectivity index (χ3n) is 3.64. The number of halogens is 1. The van der Waals surface area contributed by atoms with Gasteiger partial charge < -0.3 is 15.4 Å². The van der Waals surface area contributed by atoms with Crippen LogP contribution >= 0.6 is 11.6 Å². The Morgan fingerprint density at radius 1 is 0.808 bits per heavy atom. The molecule has 0 aliphatic rings. The first-order chi connectivity index (χ1) is 12.7. The van der Waals surface area contributed by atoms with Crippen LogP contribution in [-0.4, -0.2) is 12.5 Å². The van der Waals surface area contributed by atoms with Crippen LogP contribution in [0.25, 0.3) is 0 Å². The van der Waals surface area contributed by atoms with Gasteiger partial charge in [0.1, 0.15) is 5.75 Å². The van der Waals surface area contributed by atoms with E-state index in [0.717, 1.165) is 22.8 Å². The molecule has 26 heavy (non-hydrogen) atoms. The quantitative estimate of drug-likeness (QED) is 0.581. The van der Waals surface area contributed by atoms with E-state index in [1.165, 1.54) is 0 Å². The van der Waals surface area contributed by atoms with E-state index in [-0.39, 0.29) is 5.91 Å². The van der Waals surface area contributed by atoms with Gasteiger partial charge in [0, 0.05) is 22.1 Å². The fraction of sp³-hybridized carbons (Fsp3) is 0.0952. The molecule has 0 atom stereocenters. The van der Waals surface area contributed by atoms with E-state index in [2.05, 4.69) is 10.6 Å². The Morgan fingerprint density at radius 3 is 2.04 bits per heavy atom. The third kappa shape index (κ3) is 5.53. The van der Waals surface area contributed by atoms with Crippen molar-refractivity contribution in [2.45, 2.75) is 6.42 Å². The van der Waals surface area contributed by atoms with E-state index in [1.54, 1.807) is 0 Å². The molecule has 0 saturated carbocycles. The van der Waals surface area contributed by atoms with Gasteiger partial charge in [-0.3, -0.25) is 4.79 Å². The summed E-state index contributed by atoms with van der Waals surface area (Å²) in [5.74, 6) is 0.678. The summed E-state index contributed by atoms with van der Waals surface area (Å²) in [5.41, 5.74) is 2.62. The van der Waals surface area contributed by atoms with Crippen molar-refractivity contribution in [3.05, 3.63) is 83.9 Å². The lowest BCUT2D eigenvalue weighted by Crippen LogP contribution is -2.15. The van der Waals surface area contributed by atoms with Crippen LogP contribution in [0.3, 0.4) is 0 Å². The largest absolute Gasteiger partial charge is 0.493 e. The van der Waals surface area contributed by atoms with E-state index in [4.69, 9.17) is 16.3 Å². The molecule has 3 rings (SSSR count). The van der Waals surface area contributed by atoms with Crippen molar-refractivity contribution in [2.75, 3.05) is 17.2 Å². The lowest BCUT2D eigenvalue weighted by Gasteiger charge is -2.09. The van der Waals surface area contributed by atoms with Gasteiger partial charge >= 0.3 is 0 Å². The van der Waals surface area contributed by atoms with E-state index >= 15 is 0 Å². The summed E-state index contributed by atoms with van der Waals surface area (Å²) in [4.78, 5) is 12.0. The fourth-order valence-electron chi connectivity index (χ4n) is 2.34. The first-order valence-electron chi connectivity index (χ1n) is 8.29. The van der Waals surface area contributed by atoms with Gasteiger partial charge in [0.05, 0.1) is 13.0 Å². The first kappa shape index (κ1) is 17.8. The Labute approximate surface area is 157 Å². The van der Waals surface area contributed by atoms with Crippen LogP contribution in [0.2, 0.25) is 5.02 Å². The number of carbonyl (C=O) groups excluding carboxylic acids is 1. The molecule has 0 fully saturated rings. The molecular weight excluding hydrogens is 348 g/mol. The Bertz CT molecular complexity index is 834. The van der Waals surface area contributed by atoms with Crippen LogP contribution in [0.5, 0.6) is 5.75 Å². The second-order valence-corrected chi connectivity index (χ2v) is 6.11. The highest BCUT2D eigenvalue weighted by Gasteiger charge is 2.03. The van der Waals surface area contributed by atoms with Crippen molar-refractivity contribution in [3.63, 3.8) is 0 Å². The zero-order valence-electron chi connectivity index (χ0n) is 14.1. The van der Waals surface area contributed by atoms with Crippen molar-refractivity contribution in [1.29, 1.82) is 0 Å². The summed E-state index contributed by atoms with van der Waals surface area (Å²) < 4.78 is 5.53. The number of hydrogen-bond donors (Lipinski definition) is 2. The van der Waals surface area contributed by atoms with Crippen molar-refractivity contribution < 1.29 is 9.53 Å². The van der Waals surface area contributed by atoms with E-state index in [9.17, 15) is 4.79 Å². The standard InChI is InChI=1S/C21H19ClN2O2/c22-16-6-8-17(9-7-16)23-18-10-12-19(13-11-18)24-21(25)14-15-26-20-4-2-1-3-5-20/h1-13,23H,14-15H2,(H,24,25). The summed E-state index contributed by atoms with van der Waals surface area (Å²) in [5, 5.41) is 6.83. The number of anilines is 3. The van der Waals surface area contributed by atoms with Gasteiger partial charge in [0.2, 0.25) is 5.91 Å². The molecule has 0 saturated heterocycles. The number of nitrogens with one attached hydrogen (secondary N) is 2. The Morgan fingerprint density at radius 2 is 1.38 bits per heavy atom. The van der Waals surface area contributed by atoms with Crippen LogP contribution in [-0.2, 0) is 4.79 Å². The maximum atomic E-state index is 12.0. The molecule has 0 radical (unpaired) electrons. The summed E-state index contributed by atoms with van der Waals surface area (Å²) >= 11 is 5.88. The molecule has 132 valence electrons. The molecule has 0 aromatic heterocycles. The summed E-state index contributed by atoms with van der Waals surface area (Å²) in [6, 6.07) is 24.4. The van der Waals surface area contributed by atoms with Crippen LogP contribution < -0.4 is 15.4 Å². The zero-order valence-corrected chi connectivity index (χ0v) is 14.9. The van der Waals surface area contributed by atoms with Gasteiger partial charge in [0.25, 0.3) is 0 Å². The number of benzene rings is 3. The molecule has 0 bridgehead atoms. The predicted molar refractivity (Wildman–Crippen MR) is 106 cm³/mol. The lowest BCUT2D eigenvalue weighted by molar-refractivity contribution is -0.116. The fourth-order valence-corrected chi connectivity index (χ4v) is 2.46. The monoisotopic (exact) mass is 366 g/mol. The highest BCUT2D eigenvalue weighted by Crippen LogP contribution is 2.20. The molecule has 0 aliphatic heterocycles. The first-order valence-corrected chi connectivity index (χ1v) is 8.67. The van der Waals surface area contributed by atoms with E-state index in [1.807, 2.05) is 78.9 Å². The van der Waals surface area contributed by atoms with Gasteiger partial charge in [0.15, 0.2) is 0 Å². The van der Waals surface area contributed by atoms with Gasteiger partial charge in [-0.15, -0.1) is 0 Å². The van der Waals surface area contributed by atoms with Crippen molar-refractivity contribution in [3.8, 4) is 5.75 Å². The normalized spacial score (nSPS) is 10.2. The number of hydrogen-bond acceptors (Lipinski definition) is 3. The van der Waals surface area contributed by atoms with Crippen LogP contribution in [0, 0.1) is 0 Å². The summed E-state index contributed by atoms with van der Waals surface area (Å²) in [6.07, 6.45) is 0.291. The average Bonchev–Trinajstić information content (AvgIpc) is 2.66. The predicted octanol–water partition coefficient (Wildman–Crippen LogP) is 5.49. The topological polar surface area (TPSA) is 50.4 Å². The van der Waals surface area contributed by atoms with Gasteiger partial charge in [-0.1, -0.05) is 29.8 Å². The van der Waals surface area contributed by atoms with E-state index in [0.29, 0.717) is 18.1 Å². The Kier molecular flexibility index (Phi) is 6.12. The van der Waals surface area contributed by atoms with Crippen LogP contribution in [0.4, 0.5) is 17.1 Å². The number of amides is 1. The minimum absolute atomic E-state index is 0.0839. The second-order valence-electron chi connectivity index (χ2n) is 5.67. The SMILES string of the molecule is O=C(CCOc1ccccc1)Nc1ccc(Nc2ccc(Cl)cc2)cc1. The highest BCUT2D eigenvalue weighted by molar-refractivity contribution is 6.30. The lowest BCUT2D eigenvalue weighted by atomic mass is 10.2. The minimum atomic E-state index is -0.0839. The molecule has 5 heteroatoms. The number of rotatable bonds is 7. The van der Waals surface area contributed by atoms with Gasteiger partial charge in [-0.2, -0.15) is 0 Å². The van der Waals surface area contributed by atoms with Gasteiger partial charge in [-0.25, -0.2) is 0 Å². The van der Waals surface area contributed by atoms with Gasteiger partial charge in [-0.05, 0) is 60.7 Å². The molecule has 0 spiro atoms. The summed E-state index contributed by atoms with van der Waals surface area (Å²) in [6.45, 7) is 0.339. The molecule has 4 nitrogen and oxygen atoms in total. The Balaban J connectivity index is 1.46. The molecule has 3 aromatic rings. The van der Waals surface area contributed by atoms with Crippen LogP contribution in [0.1, 0.15) is 6.42 Å². The van der Waals surface area contributed by atoms with Crippen molar-refractivity contribution in [2.24, 2.45) is 0 Å². The number of para-hydroxylation sites is 1. The molecule has 2 N–H and O–H groups in total. The average molecular weight is 367 g/mol. The zero-order chi connectivity index (χ0) is 18.2. The number of ether oxygens (including phenoxy) is 1. The van der Waals surface area contributed by atoms with Crippen LogP contribution in [0.15, 0.2) is 78.9 Å². The molecular formula is C21H19ClN2O2. The Hall–Kier alpha value is -2.98. The third-order valence-corrected chi connectivity index (χ3v) is 3.89. The minimum Gasteiger partial charge on any atom is -0.493 e. The highest BCUT2D eigenvalue weighted by atomic mass is 35.5. The molecule has 1 amide bonds.